The molecule has 1 amide bonds. The largest absolute Gasteiger partial charge is 0.327 e. The number of hydrogen-bond acceptors (Lipinski definition) is 2. The standard InChI is InChI=1S/C19H19ClN2OS/c20-14-8-9-18-16(12-14)22(15-6-2-3-7-17(15)24-18)19(23)13-21-10-4-1-5-11-21/h2-3,6-9,12H,1,4-5,10-11,13H2/p+1. The molecule has 0 saturated carbocycles. The Balaban J connectivity index is 1.70. The number of nitrogens with zero attached hydrogens (tertiary/aromatic N) is 1. The molecule has 2 aromatic carbocycles. The maximum atomic E-state index is 13.2. The van der Waals surface area contributed by atoms with Crippen LogP contribution in [0.2, 0.25) is 5.02 Å². The lowest BCUT2D eigenvalue weighted by Crippen LogP contribution is -3.13. The Bertz CT molecular complexity index is 774. The molecule has 24 heavy (non-hydrogen) atoms. The summed E-state index contributed by atoms with van der Waals surface area (Å²) in [6.45, 7) is 2.74. The average molecular weight is 360 g/mol. The zero-order valence-corrected chi connectivity index (χ0v) is 15.0. The number of halogens is 1. The normalized spacial score (nSPS) is 17.3. The molecule has 2 aliphatic heterocycles. The first-order valence-corrected chi connectivity index (χ1v) is 9.65. The minimum absolute atomic E-state index is 0.156. The third kappa shape index (κ3) is 3.06. The van der Waals surface area contributed by atoms with E-state index in [1.165, 1.54) is 24.2 Å². The van der Waals surface area contributed by atoms with Gasteiger partial charge in [-0.2, -0.15) is 0 Å². The van der Waals surface area contributed by atoms with Crippen molar-refractivity contribution in [2.24, 2.45) is 0 Å². The minimum Gasteiger partial charge on any atom is -0.327 e. The minimum atomic E-state index is 0.156. The number of hydrogen-bond donors (Lipinski definition) is 1. The van der Waals surface area contributed by atoms with E-state index in [2.05, 4.69) is 6.07 Å². The van der Waals surface area contributed by atoms with Crippen LogP contribution in [0.25, 0.3) is 0 Å². The van der Waals surface area contributed by atoms with Crippen LogP contribution in [0, 0.1) is 0 Å². The summed E-state index contributed by atoms with van der Waals surface area (Å²) in [4.78, 5) is 18.6. The number of benzene rings is 2. The monoisotopic (exact) mass is 359 g/mol. The second kappa shape index (κ2) is 6.79. The highest BCUT2D eigenvalue weighted by atomic mass is 35.5. The summed E-state index contributed by atoms with van der Waals surface area (Å²) < 4.78 is 0. The topological polar surface area (TPSA) is 24.8 Å². The maximum Gasteiger partial charge on any atom is 0.286 e. The van der Waals surface area contributed by atoms with Crippen molar-refractivity contribution in [2.75, 3.05) is 24.5 Å². The van der Waals surface area contributed by atoms with Gasteiger partial charge in [-0.3, -0.25) is 9.69 Å². The summed E-state index contributed by atoms with van der Waals surface area (Å²) >= 11 is 7.91. The Morgan fingerprint density at radius 1 is 1.04 bits per heavy atom. The number of fused-ring (bicyclic) bond motifs is 2. The van der Waals surface area contributed by atoms with E-state index in [1.54, 1.807) is 11.8 Å². The third-order valence-electron chi connectivity index (χ3n) is 4.70. The molecule has 0 aromatic heterocycles. The van der Waals surface area contributed by atoms with Crippen molar-refractivity contribution in [1.29, 1.82) is 0 Å². The van der Waals surface area contributed by atoms with Gasteiger partial charge in [-0.05, 0) is 49.6 Å². The fourth-order valence-corrected chi connectivity index (χ4v) is 4.72. The number of anilines is 2. The van der Waals surface area contributed by atoms with E-state index in [0.29, 0.717) is 11.6 Å². The molecule has 1 saturated heterocycles. The Labute approximate surface area is 151 Å². The first-order chi connectivity index (χ1) is 11.7. The number of para-hydroxylation sites is 1. The lowest BCUT2D eigenvalue weighted by Gasteiger charge is -2.32. The Morgan fingerprint density at radius 3 is 2.62 bits per heavy atom. The van der Waals surface area contributed by atoms with Crippen LogP contribution in [-0.2, 0) is 4.79 Å². The molecule has 2 heterocycles. The molecular formula is C19H20ClN2OS+. The summed E-state index contributed by atoms with van der Waals surface area (Å²) in [5.74, 6) is 0.156. The number of rotatable bonds is 2. The van der Waals surface area contributed by atoms with Crippen LogP contribution in [0.1, 0.15) is 19.3 Å². The molecule has 0 atom stereocenters. The van der Waals surface area contributed by atoms with Gasteiger partial charge in [0.15, 0.2) is 6.54 Å². The quantitative estimate of drug-likeness (QED) is 0.887. The highest BCUT2D eigenvalue weighted by molar-refractivity contribution is 7.99. The number of quaternary nitrogens is 1. The van der Waals surface area contributed by atoms with Crippen LogP contribution in [0.15, 0.2) is 52.3 Å². The van der Waals surface area contributed by atoms with Gasteiger partial charge in [0.1, 0.15) is 0 Å². The van der Waals surface area contributed by atoms with E-state index in [1.807, 2.05) is 41.3 Å². The van der Waals surface area contributed by atoms with E-state index in [0.717, 1.165) is 34.3 Å². The molecule has 3 nitrogen and oxygen atoms in total. The van der Waals surface area contributed by atoms with Crippen LogP contribution in [-0.4, -0.2) is 25.5 Å². The zero-order valence-electron chi connectivity index (χ0n) is 13.4. The molecule has 0 radical (unpaired) electrons. The van der Waals surface area contributed by atoms with Crippen molar-refractivity contribution >= 4 is 40.6 Å². The summed E-state index contributed by atoms with van der Waals surface area (Å²) in [6, 6.07) is 13.9. The predicted molar refractivity (Wildman–Crippen MR) is 98.6 cm³/mol. The van der Waals surface area contributed by atoms with Gasteiger partial charge < -0.3 is 4.90 Å². The van der Waals surface area contributed by atoms with Crippen LogP contribution < -0.4 is 9.80 Å². The number of carbonyl (C=O) groups is 1. The molecular weight excluding hydrogens is 340 g/mol. The first-order valence-electron chi connectivity index (χ1n) is 8.45. The van der Waals surface area contributed by atoms with Gasteiger partial charge in [-0.15, -0.1) is 0 Å². The van der Waals surface area contributed by atoms with Gasteiger partial charge >= 0.3 is 0 Å². The fraction of sp³-hybridized carbons (Fsp3) is 0.316. The van der Waals surface area contributed by atoms with Crippen LogP contribution >= 0.6 is 23.4 Å². The summed E-state index contributed by atoms with van der Waals surface area (Å²) in [5, 5.41) is 0.664. The molecule has 2 aliphatic rings. The molecule has 0 unspecified atom stereocenters. The van der Waals surface area contributed by atoms with E-state index >= 15 is 0 Å². The van der Waals surface area contributed by atoms with Gasteiger partial charge in [0.2, 0.25) is 0 Å². The van der Waals surface area contributed by atoms with Crippen molar-refractivity contribution in [2.45, 2.75) is 29.1 Å². The second-order valence-electron chi connectivity index (χ2n) is 6.40. The third-order valence-corrected chi connectivity index (χ3v) is 6.06. The molecule has 4 rings (SSSR count). The molecule has 0 aliphatic carbocycles. The smallest absolute Gasteiger partial charge is 0.286 e. The highest BCUT2D eigenvalue weighted by Crippen LogP contribution is 2.48. The average Bonchev–Trinajstić information content (AvgIpc) is 2.60. The van der Waals surface area contributed by atoms with Crippen molar-refractivity contribution in [3.05, 3.63) is 47.5 Å². The molecule has 1 N–H and O–H groups in total. The van der Waals surface area contributed by atoms with E-state index < -0.39 is 0 Å². The van der Waals surface area contributed by atoms with Crippen molar-refractivity contribution in [3.63, 3.8) is 0 Å². The van der Waals surface area contributed by atoms with Crippen molar-refractivity contribution in [1.82, 2.24) is 0 Å². The SMILES string of the molecule is O=C(C[NH+]1CCCCC1)N1c2ccccc2Sc2ccc(Cl)cc21. The molecule has 124 valence electrons. The molecule has 2 aromatic rings. The number of carbonyl (C=O) groups excluding carboxylic acids is 1. The van der Waals surface area contributed by atoms with Gasteiger partial charge in [0.25, 0.3) is 5.91 Å². The van der Waals surface area contributed by atoms with Crippen LogP contribution in [0.4, 0.5) is 11.4 Å². The maximum absolute atomic E-state index is 13.2. The van der Waals surface area contributed by atoms with Gasteiger partial charge in [-0.1, -0.05) is 35.5 Å². The van der Waals surface area contributed by atoms with Crippen molar-refractivity contribution in [3.8, 4) is 0 Å². The fourth-order valence-electron chi connectivity index (χ4n) is 3.52. The Kier molecular flexibility index (Phi) is 4.53. The van der Waals surface area contributed by atoms with Gasteiger partial charge in [-0.25, -0.2) is 0 Å². The predicted octanol–water partition coefficient (Wildman–Crippen LogP) is 3.54. The molecule has 0 spiro atoms. The second-order valence-corrected chi connectivity index (χ2v) is 7.92. The number of likely N-dealkylation sites (tertiary alicyclic amines) is 1. The number of nitrogens with one attached hydrogen (secondary N) is 1. The molecule has 0 bridgehead atoms. The molecule has 5 heteroatoms. The first kappa shape index (κ1) is 16.0. The van der Waals surface area contributed by atoms with E-state index in [4.69, 9.17) is 11.6 Å². The summed E-state index contributed by atoms with van der Waals surface area (Å²) in [6.07, 6.45) is 3.73. The highest BCUT2D eigenvalue weighted by Gasteiger charge is 2.30. The summed E-state index contributed by atoms with van der Waals surface area (Å²) in [5.41, 5.74) is 1.88. The van der Waals surface area contributed by atoms with Crippen LogP contribution in [0.5, 0.6) is 0 Å². The lowest BCUT2D eigenvalue weighted by atomic mass is 10.1. The van der Waals surface area contributed by atoms with E-state index in [9.17, 15) is 4.79 Å². The Morgan fingerprint density at radius 2 is 1.79 bits per heavy atom. The van der Waals surface area contributed by atoms with Crippen molar-refractivity contribution < 1.29 is 9.69 Å². The Hall–Kier alpha value is -1.49. The van der Waals surface area contributed by atoms with Gasteiger partial charge in [0.05, 0.1) is 24.5 Å². The van der Waals surface area contributed by atoms with Crippen LogP contribution in [0.3, 0.4) is 0 Å². The number of amides is 1. The summed E-state index contributed by atoms with van der Waals surface area (Å²) in [7, 11) is 0. The van der Waals surface area contributed by atoms with Gasteiger partial charge in [0, 0.05) is 14.8 Å². The lowest BCUT2D eigenvalue weighted by molar-refractivity contribution is -0.896. The van der Waals surface area contributed by atoms with E-state index in [-0.39, 0.29) is 5.91 Å². The zero-order chi connectivity index (χ0) is 16.5. The molecule has 1 fully saturated rings. The number of piperidine rings is 1.